The molecule has 0 amide bonds. The van der Waals surface area contributed by atoms with Gasteiger partial charge in [-0.1, -0.05) is 97.1 Å². The Kier molecular flexibility index (Phi) is 6.86. The number of ether oxygens (including phenoxy) is 2. The van der Waals surface area contributed by atoms with Crippen molar-refractivity contribution in [3.63, 3.8) is 0 Å². The first kappa shape index (κ1) is 22.4. The Labute approximate surface area is 205 Å². The van der Waals surface area contributed by atoms with Crippen molar-refractivity contribution in [3.05, 3.63) is 144 Å². The van der Waals surface area contributed by atoms with Crippen LogP contribution in [0.15, 0.2) is 127 Å². The summed E-state index contributed by atoms with van der Waals surface area (Å²) in [4.78, 5) is 0. The lowest BCUT2D eigenvalue weighted by Crippen LogP contribution is -1.95. The minimum absolute atomic E-state index is 0.259. The van der Waals surface area contributed by atoms with E-state index in [4.69, 9.17) is 9.47 Å². The number of hydrogen-bond donors (Lipinski definition) is 0. The highest BCUT2D eigenvalue weighted by atomic mass is 19.1. The minimum atomic E-state index is -0.259. The molecule has 0 aliphatic carbocycles. The standard InChI is InChI=1S/C32H25FO2/c33-32-21-28(26-11-16-29(17-12-26)34-22-24-7-3-1-4-8-24)15-20-31(32)27-13-18-30(19-14-27)35-23-25-9-5-2-6-10-25/h1-21H,22-23H2. The van der Waals surface area contributed by atoms with Gasteiger partial charge in [0.2, 0.25) is 0 Å². The number of benzene rings is 5. The van der Waals surface area contributed by atoms with Crippen molar-refractivity contribution in [1.82, 2.24) is 0 Å². The Morgan fingerprint density at radius 3 is 1.40 bits per heavy atom. The molecule has 3 heteroatoms. The Hall–Kier alpha value is -4.37. The summed E-state index contributed by atoms with van der Waals surface area (Å²) in [5.41, 5.74) is 5.35. The Morgan fingerprint density at radius 1 is 0.457 bits per heavy atom. The highest BCUT2D eigenvalue weighted by Gasteiger charge is 2.09. The summed E-state index contributed by atoms with van der Waals surface area (Å²) in [5, 5.41) is 0. The molecule has 0 aliphatic heterocycles. The van der Waals surface area contributed by atoms with Crippen molar-refractivity contribution in [1.29, 1.82) is 0 Å². The molecular weight excluding hydrogens is 435 g/mol. The molecule has 0 bridgehead atoms. The molecule has 5 aromatic rings. The van der Waals surface area contributed by atoms with Crippen molar-refractivity contribution in [3.8, 4) is 33.8 Å². The van der Waals surface area contributed by atoms with E-state index in [0.717, 1.165) is 39.3 Å². The number of rotatable bonds is 8. The highest BCUT2D eigenvalue weighted by Crippen LogP contribution is 2.30. The fourth-order valence-corrected chi connectivity index (χ4v) is 3.88. The van der Waals surface area contributed by atoms with Crippen LogP contribution in [0.5, 0.6) is 11.5 Å². The Bertz CT molecular complexity index is 1360. The van der Waals surface area contributed by atoms with Gasteiger partial charge in [-0.15, -0.1) is 0 Å². The second kappa shape index (κ2) is 10.7. The van der Waals surface area contributed by atoms with Crippen molar-refractivity contribution in [2.45, 2.75) is 13.2 Å². The van der Waals surface area contributed by atoms with Gasteiger partial charge in [0.05, 0.1) is 0 Å². The van der Waals surface area contributed by atoms with Crippen molar-refractivity contribution < 1.29 is 13.9 Å². The molecular formula is C32H25FO2. The summed E-state index contributed by atoms with van der Waals surface area (Å²) < 4.78 is 26.7. The molecule has 0 radical (unpaired) electrons. The maximum atomic E-state index is 15.0. The second-order valence-corrected chi connectivity index (χ2v) is 8.29. The van der Waals surface area contributed by atoms with Gasteiger partial charge in [-0.3, -0.25) is 0 Å². The Balaban J connectivity index is 1.23. The lowest BCUT2D eigenvalue weighted by molar-refractivity contribution is 0.306. The van der Waals surface area contributed by atoms with Gasteiger partial charge in [-0.25, -0.2) is 4.39 Å². The molecule has 5 rings (SSSR count). The van der Waals surface area contributed by atoms with Crippen molar-refractivity contribution in [2.75, 3.05) is 0 Å². The van der Waals surface area contributed by atoms with Crippen LogP contribution in [0, 0.1) is 5.82 Å². The third-order valence-electron chi connectivity index (χ3n) is 5.82. The zero-order chi connectivity index (χ0) is 23.9. The van der Waals surface area contributed by atoms with Crippen LogP contribution in [-0.4, -0.2) is 0 Å². The van der Waals surface area contributed by atoms with E-state index in [1.54, 1.807) is 6.07 Å². The monoisotopic (exact) mass is 460 g/mol. The van der Waals surface area contributed by atoms with E-state index >= 15 is 4.39 Å². The van der Waals surface area contributed by atoms with Crippen LogP contribution >= 0.6 is 0 Å². The van der Waals surface area contributed by atoms with Crippen LogP contribution in [0.2, 0.25) is 0 Å². The predicted octanol–water partition coefficient (Wildman–Crippen LogP) is 8.32. The molecule has 0 spiro atoms. The van der Waals surface area contributed by atoms with Gasteiger partial charge in [0, 0.05) is 5.56 Å². The van der Waals surface area contributed by atoms with Crippen LogP contribution in [0.25, 0.3) is 22.3 Å². The lowest BCUT2D eigenvalue weighted by Gasteiger charge is -2.10. The molecule has 0 aromatic heterocycles. The first-order chi connectivity index (χ1) is 17.2. The predicted molar refractivity (Wildman–Crippen MR) is 139 cm³/mol. The molecule has 172 valence electrons. The largest absolute Gasteiger partial charge is 0.489 e. The summed E-state index contributed by atoms with van der Waals surface area (Å²) in [6, 6.07) is 40.6. The third-order valence-corrected chi connectivity index (χ3v) is 5.82. The molecule has 0 saturated carbocycles. The summed E-state index contributed by atoms with van der Waals surface area (Å²) in [6.07, 6.45) is 0. The molecule has 2 nitrogen and oxygen atoms in total. The smallest absolute Gasteiger partial charge is 0.131 e. The van der Waals surface area contributed by atoms with E-state index in [0.29, 0.717) is 18.8 Å². The first-order valence-electron chi connectivity index (χ1n) is 11.6. The van der Waals surface area contributed by atoms with Gasteiger partial charge < -0.3 is 9.47 Å². The summed E-state index contributed by atoms with van der Waals surface area (Å²) in [7, 11) is 0. The number of halogens is 1. The van der Waals surface area contributed by atoms with Gasteiger partial charge in [-0.05, 0) is 58.1 Å². The van der Waals surface area contributed by atoms with Crippen molar-refractivity contribution in [2.24, 2.45) is 0 Å². The molecule has 0 saturated heterocycles. The van der Waals surface area contributed by atoms with E-state index in [-0.39, 0.29) is 5.82 Å². The van der Waals surface area contributed by atoms with Crippen LogP contribution in [0.3, 0.4) is 0 Å². The maximum absolute atomic E-state index is 15.0. The summed E-state index contributed by atoms with van der Waals surface area (Å²) >= 11 is 0. The highest BCUT2D eigenvalue weighted by molar-refractivity contribution is 5.71. The van der Waals surface area contributed by atoms with Crippen LogP contribution in [0.4, 0.5) is 4.39 Å². The van der Waals surface area contributed by atoms with E-state index < -0.39 is 0 Å². The second-order valence-electron chi connectivity index (χ2n) is 8.29. The molecule has 0 atom stereocenters. The molecule has 0 fully saturated rings. The van der Waals surface area contributed by atoms with Crippen LogP contribution in [0.1, 0.15) is 11.1 Å². The zero-order valence-corrected chi connectivity index (χ0v) is 19.2. The summed E-state index contributed by atoms with van der Waals surface area (Å²) in [5.74, 6) is 1.28. The zero-order valence-electron chi connectivity index (χ0n) is 19.2. The number of hydrogen-bond acceptors (Lipinski definition) is 2. The fraction of sp³-hybridized carbons (Fsp3) is 0.0625. The van der Waals surface area contributed by atoms with Gasteiger partial charge in [0.15, 0.2) is 0 Å². The fourth-order valence-electron chi connectivity index (χ4n) is 3.88. The quantitative estimate of drug-likeness (QED) is 0.232. The van der Waals surface area contributed by atoms with Gasteiger partial charge >= 0.3 is 0 Å². The topological polar surface area (TPSA) is 18.5 Å². The van der Waals surface area contributed by atoms with E-state index in [9.17, 15) is 0 Å². The Morgan fingerprint density at radius 2 is 0.914 bits per heavy atom. The molecule has 0 heterocycles. The van der Waals surface area contributed by atoms with Gasteiger partial charge in [-0.2, -0.15) is 0 Å². The molecule has 0 unspecified atom stereocenters. The van der Waals surface area contributed by atoms with Crippen LogP contribution < -0.4 is 9.47 Å². The van der Waals surface area contributed by atoms with Gasteiger partial charge in [0.1, 0.15) is 30.5 Å². The van der Waals surface area contributed by atoms with E-state index in [1.807, 2.05) is 121 Å². The molecule has 0 N–H and O–H groups in total. The maximum Gasteiger partial charge on any atom is 0.131 e. The summed E-state index contributed by atoms with van der Waals surface area (Å²) in [6.45, 7) is 1.01. The first-order valence-corrected chi connectivity index (χ1v) is 11.6. The third kappa shape index (κ3) is 5.77. The minimum Gasteiger partial charge on any atom is -0.489 e. The van der Waals surface area contributed by atoms with E-state index in [1.165, 1.54) is 0 Å². The lowest BCUT2D eigenvalue weighted by atomic mass is 9.99. The molecule has 0 aliphatic rings. The van der Waals surface area contributed by atoms with E-state index in [2.05, 4.69) is 0 Å². The average Bonchev–Trinajstić information content (AvgIpc) is 2.92. The van der Waals surface area contributed by atoms with Gasteiger partial charge in [0.25, 0.3) is 0 Å². The SMILES string of the molecule is Fc1cc(-c2ccc(OCc3ccccc3)cc2)ccc1-c1ccc(OCc2ccccc2)cc1. The normalized spacial score (nSPS) is 10.7. The molecule has 5 aromatic carbocycles. The average molecular weight is 461 g/mol. The van der Waals surface area contributed by atoms with Crippen molar-refractivity contribution >= 4 is 0 Å². The molecule has 35 heavy (non-hydrogen) atoms. The van der Waals surface area contributed by atoms with Crippen LogP contribution in [-0.2, 0) is 13.2 Å².